The molecule has 1 fully saturated rings. The molecule has 118 valence electrons. The van der Waals surface area contributed by atoms with Gasteiger partial charge in [-0.2, -0.15) is 0 Å². The van der Waals surface area contributed by atoms with E-state index in [1.807, 2.05) is 4.81 Å². The average Bonchev–Trinajstić information content (AvgIpc) is 2.93. The zero-order valence-electron chi connectivity index (χ0n) is 12.5. The fraction of sp³-hybridized carbons (Fsp3) is 0.429. The topological polar surface area (TPSA) is 116 Å². The van der Waals surface area contributed by atoms with Gasteiger partial charge in [0.05, 0.1) is 11.1 Å². The maximum atomic E-state index is 11.4. The molecule has 1 heterocycles. The van der Waals surface area contributed by atoms with E-state index in [-0.39, 0.29) is 11.1 Å². The van der Waals surface area contributed by atoms with E-state index in [2.05, 4.69) is 5.32 Å². The molecule has 5 N–H and O–H groups in total. The molecule has 2 rings (SSSR count). The summed E-state index contributed by atoms with van der Waals surface area (Å²) in [6, 6.07) is 4.20. The molecule has 7 nitrogen and oxygen atoms in total. The van der Waals surface area contributed by atoms with Gasteiger partial charge in [-0.05, 0) is 50.5 Å². The summed E-state index contributed by atoms with van der Waals surface area (Å²) >= 11 is 0. The first-order chi connectivity index (χ1) is 10.4. The van der Waals surface area contributed by atoms with E-state index in [0.29, 0.717) is 18.2 Å². The molecule has 0 aromatic heterocycles. The third kappa shape index (κ3) is 3.77. The van der Waals surface area contributed by atoms with Gasteiger partial charge in [0.15, 0.2) is 0 Å². The number of amides is 1. The van der Waals surface area contributed by atoms with Crippen LogP contribution in [0.15, 0.2) is 18.2 Å². The van der Waals surface area contributed by atoms with E-state index in [4.69, 9.17) is 10.8 Å². The minimum atomic E-state index is -1.06. The van der Waals surface area contributed by atoms with Gasteiger partial charge >= 0.3 is 13.0 Å². The highest BCUT2D eigenvalue weighted by Crippen LogP contribution is 2.21. The zero-order valence-corrected chi connectivity index (χ0v) is 12.5. The number of nitrogens with one attached hydrogen (secondary N) is 1. The molecular formula is C14H20BN3O4. The summed E-state index contributed by atoms with van der Waals surface area (Å²) in [6.45, 7) is 3.90. The lowest BCUT2D eigenvalue weighted by Gasteiger charge is -2.17. The standard InChI is InChI=1S/C14H20BN3O4/c1-15(22)18-5-4-9(8-18)7-17-12-6-10(14(20)21)2-3-11(12)13(16)19/h2-3,6,9,17,22H,4-5,7-8H2,1H3,(H2,16,19)(H,20,21). The molecule has 8 heteroatoms. The molecule has 1 aromatic carbocycles. The van der Waals surface area contributed by atoms with E-state index < -0.39 is 18.9 Å². The molecule has 1 aliphatic heterocycles. The molecule has 1 aromatic rings. The van der Waals surface area contributed by atoms with Crippen LogP contribution in [0.25, 0.3) is 0 Å². The lowest BCUT2D eigenvalue weighted by atomic mass is 9.86. The number of anilines is 1. The molecule has 0 spiro atoms. The summed E-state index contributed by atoms with van der Waals surface area (Å²) in [5, 5.41) is 21.7. The fourth-order valence-corrected chi connectivity index (χ4v) is 2.66. The van der Waals surface area contributed by atoms with Crippen molar-refractivity contribution in [2.75, 3.05) is 25.0 Å². The molecule has 0 bridgehead atoms. The third-order valence-corrected chi connectivity index (χ3v) is 3.96. The number of nitrogens with two attached hydrogens (primary N) is 1. The van der Waals surface area contributed by atoms with Crippen molar-refractivity contribution >= 4 is 24.6 Å². The highest BCUT2D eigenvalue weighted by Gasteiger charge is 2.27. The minimum absolute atomic E-state index is 0.101. The van der Waals surface area contributed by atoms with Crippen LogP contribution in [0.5, 0.6) is 0 Å². The number of carbonyl (C=O) groups is 2. The molecule has 0 radical (unpaired) electrons. The van der Waals surface area contributed by atoms with Crippen molar-refractivity contribution in [2.45, 2.75) is 13.2 Å². The first-order valence-electron chi connectivity index (χ1n) is 7.21. The second kappa shape index (κ2) is 6.80. The van der Waals surface area contributed by atoms with Crippen molar-refractivity contribution in [2.24, 2.45) is 11.7 Å². The normalized spacial score (nSPS) is 18.2. The van der Waals surface area contributed by atoms with Gasteiger partial charge in [-0.25, -0.2) is 4.79 Å². The van der Waals surface area contributed by atoms with Gasteiger partial charge in [0, 0.05) is 12.2 Å². The summed E-state index contributed by atoms with van der Waals surface area (Å²) < 4.78 is 0. The number of carbonyl (C=O) groups excluding carboxylic acids is 1. The predicted octanol–water partition coefficient (Wildman–Crippen LogP) is 0.328. The summed E-state index contributed by atoms with van der Waals surface area (Å²) in [5.74, 6) is -1.33. The SMILES string of the molecule is CB(O)N1CCC(CNc2cc(C(=O)O)ccc2C(N)=O)C1. The summed E-state index contributed by atoms with van der Waals surface area (Å²) in [4.78, 5) is 24.4. The Morgan fingerprint density at radius 1 is 1.50 bits per heavy atom. The number of carboxylic acids is 1. The summed E-state index contributed by atoms with van der Waals surface area (Å²) in [7, 11) is -0.471. The van der Waals surface area contributed by atoms with Crippen LogP contribution in [0.4, 0.5) is 5.69 Å². The van der Waals surface area contributed by atoms with E-state index >= 15 is 0 Å². The second-order valence-corrected chi connectivity index (χ2v) is 5.59. The van der Waals surface area contributed by atoms with Crippen LogP contribution in [0, 0.1) is 5.92 Å². The van der Waals surface area contributed by atoms with Crippen molar-refractivity contribution in [3.63, 3.8) is 0 Å². The molecular weight excluding hydrogens is 285 g/mol. The van der Waals surface area contributed by atoms with Crippen molar-refractivity contribution in [3.05, 3.63) is 29.3 Å². The van der Waals surface area contributed by atoms with Crippen molar-refractivity contribution in [3.8, 4) is 0 Å². The van der Waals surface area contributed by atoms with E-state index in [9.17, 15) is 14.6 Å². The lowest BCUT2D eigenvalue weighted by molar-refractivity contribution is 0.0696. The van der Waals surface area contributed by atoms with Crippen molar-refractivity contribution in [1.29, 1.82) is 0 Å². The number of rotatable bonds is 6. The van der Waals surface area contributed by atoms with Gasteiger partial charge in [-0.15, -0.1) is 0 Å². The zero-order chi connectivity index (χ0) is 16.3. The number of benzene rings is 1. The van der Waals surface area contributed by atoms with Gasteiger partial charge in [-0.1, -0.05) is 0 Å². The fourth-order valence-electron chi connectivity index (χ4n) is 2.66. The second-order valence-electron chi connectivity index (χ2n) is 5.59. The Labute approximate surface area is 129 Å². The van der Waals surface area contributed by atoms with E-state index in [1.54, 1.807) is 6.82 Å². The first-order valence-corrected chi connectivity index (χ1v) is 7.21. The Morgan fingerprint density at radius 3 is 2.77 bits per heavy atom. The van der Waals surface area contributed by atoms with Crippen LogP contribution in [-0.4, -0.2) is 53.5 Å². The monoisotopic (exact) mass is 305 g/mol. The van der Waals surface area contributed by atoms with Crippen LogP contribution in [0.3, 0.4) is 0 Å². The van der Waals surface area contributed by atoms with Crippen LogP contribution >= 0.6 is 0 Å². The first kappa shape index (κ1) is 16.3. The molecule has 1 unspecified atom stereocenters. The lowest BCUT2D eigenvalue weighted by Crippen LogP contribution is -2.35. The van der Waals surface area contributed by atoms with Gasteiger partial charge < -0.3 is 26.0 Å². The quantitative estimate of drug-likeness (QED) is 0.563. The molecule has 1 saturated heterocycles. The smallest absolute Gasteiger partial charge is 0.376 e. The Morgan fingerprint density at radius 2 is 2.23 bits per heavy atom. The van der Waals surface area contributed by atoms with Crippen LogP contribution in [0.1, 0.15) is 27.1 Å². The molecule has 0 aliphatic carbocycles. The Kier molecular flexibility index (Phi) is 5.05. The molecule has 1 amide bonds. The highest BCUT2D eigenvalue weighted by atomic mass is 16.4. The van der Waals surface area contributed by atoms with Gasteiger partial charge in [0.25, 0.3) is 5.91 Å². The number of nitrogens with zero attached hydrogens (tertiary/aromatic N) is 1. The maximum Gasteiger partial charge on any atom is 0.376 e. The van der Waals surface area contributed by atoms with E-state index in [0.717, 1.165) is 19.5 Å². The van der Waals surface area contributed by atoms with Crippen LogP contribution in [0.2, 0.25) is 6.82 Å². The number of carboxylic acid groups (broad SMARTS) is 1. The largest absolute Gasteiger partial charge is 0.478 e. The number of hydrogen-bond donors (Lipinski definition) is 4. The maximum absolute atomic E-state index is 11.4. The van der Waals surface area contributed by atoms with Crippen molar-refractivity contribution < 1.29 is 19.7 Å². The number of aromatic carboxylic acids is 1. The molecule has 1 aliphatic rings. The van der Waals surface area contributed by atoms with Gasteiger partial charge in [0.2, 0.25) is 0 Å². The molecule has 0 saturated carbocycles. The summed E-state index contributed by atoms with van der Waals surface area (Å²) in [6.07, 6.45) is 0.933. The Balaban J connectivity index is 2.06. The van der Waals surface area contributed by atoms with Gasteiger partial charge in [-0.3, -0.25) is 4.79 Å². The Hall–Kier alpha value is -2.06. The van der Waals surface area contributed by atoms with Crippen LogP contribution in [-0.2, 0) is 0 Å². The molecule has 22 heavy (non-hydrogen) atoms. The number of primary amides is 1. The van der Waals surface area contributed by atoms with Crippen LogP contribution < -0.4 is 11.1 Å². The minimum Gasteiger partial charge on any atom is -0.478 e. The number of hydrogen-bond acceptors (Lipinski definition) is 5. The summed E-state index contributed by atoms with van der Waals surface area (Å²) in [5.41, 5.74) is 6.13. The predicted molar refractivity (Wildman–Crippen MR) is 83.9 cm³/mol. The Bertz CT molecular complexity index is 579. The van der Waals surface area contributed by atoms with E-state index in [1.165, 1.54) is 18.2 Å². The highest BCUT2D eigenvalue weighted by molar-refractivity contribution is 6.45. The third-order valence-electron chi connectivity index (χ3n) is 3.96. The van der Waals surface area contributed by atoms with Gasteiger partial charge in [0.1, 0.15) is 0 Å². The molecule has 1 atom stereocenters. The van der Waals surface area contributed by atoms with Crippen molar-refractivity contribution in [1.82, 2.24) is 4.81 Å². The average molecular weight is 305 g/mol.